The molecule has 0 aliphatic carbocycles. The summed E-state index contributed by atoms with van der Waals surface area (Å²) in [6.45, 7) is 2.10. The maximum atomic E-state index is 3.38. The molecule has 16 heavy (non-hydrogen) atoms. The maximum Gasteiger partial charge on any atom is 0.0657 e. The molecular weight excluding hydrogens is 214 g/mol. The summed E-state index contributed by atoms with van der Waals surface area (Å²) in [5.74, 6) is 0.896. The summed E-state index contributed by atoms with van der Waals surface area (Å²) in [4.78, 5) is 1.29. The molecule has 0 radical (unpaired) electrons. The van der Waals surface area contributed by atoms with Gasteiger partial charge >= 0.3 is 0 Å². The highest BCUT2D eigenvalue weighted by Gasteiger charge is 1.93. The van der Waals surface area contributed by atoms with Gasteiger partial charge in [-0.25, -0.2) is 0 Å². The van der Waals surface area contributed by atoms with Crippen molar-refractivity contribution in [3.05, 3.63) is 60.2 Å². The molecule has 2 rings (SSSR count). The van der Waals surface area contributed by atoms with Gasteiger partial charge in [-0.2, -0.15) is 0 Å². The summed E-state index contributed by atoms with van der Waals surface area (Å²) in [6, 6.07) is 18.9. The fraction of sp³-hybridized carbons (Fsp3) is 0.143. The molecule has 0 saturated carbocycles. The SMILES string of the molecule is Cc1ccc(NCSc2ccccc2)cc1. The van der Waals surface area contributed by atoms with E-state index < -0.39 is 0 Å². The molecule has 2 aromatic carbocycles. The molecule has 0 saturated heterocycles. The lowest BCUT2D eigenvalue weighted by Gasteiger charge is -2.06. The third kappa shape index (κ3) is 3.31. The quantitative estimate of drug-likeness (QED) is 0.624. The topological polar surface area (TPSA) is 12.0 Å². The van der Waals surface area contributed by atoms with E-state index in [9.17, 15) is 0 Å². The van der Waals surface area contributed by atoms with Crippen molar-refractivity contribution in [1.82, 2.24) is 0 Å². The highest BCUT2D eigenvalue weighted by atomic mass is 32.2. The van der Waals surface area contributed by atoms with Gasteiger partial charge in [-0.05, 0) is 31.2 Å². The van der Waals surface area contributed by atoms with Crippen LogP contribution in [-0.2, 0) is 0 Å². The second-order valence-corrected chi connectivity index (χ2v) is 4.69. The number of thioether (sulfide) groups is 1. The van der Waals surface area contributed by atoms with Crippen LogP contribution in [0, 0.1) is 6.92 Å². The first-order valence-electron chi connectivity index (χ1n) is 5.33. The Labute approximate surface area is 101 Å². The summed E-state index contributed by atoms with van der Waals surface area (Å²) in [5.41, 5.74) is 2.47. The van der Waals surface area contributed by atoms with Gasteiger partial charge in [-0.3, -0.25) is 0 Å². The van der Waals surface area contributed by atoms with Crippen molar-refractivity contribution in [2.75, 3.05) is 11.2 Å². The summed E-state index contributed by atoms with van der Waals surface area (Å²) < 4.78 is 0. The lowest BCUT2D eigenvalue weighted by Crippen LogP contribution is -1.96. The number of hydrogen-bond acceptors (Lipinski definition) is 2. The highest BCUT2D eigenvalue weighted by molar-refractivity contribution is 7.99. The van der Waals surface area contributed by atoms with Crippen LogP contribution in [0.25, 0.3) is 0 Å². The van der Waals surface area contributed by atoms with E-state index in [4.69, 9.17) is 0 Å². The molecule has 0 atom stereocenters. The normalized spacial score (nSPS) is 10.1. The Morgan fingerprint density at radius 2 is 1.62 bits per heavy atom. The summed E-state index contributed by atoms with van der Waals surface area (Å²) in [6.07, 6.45) is 0. The van der Waals surface area contributed by atoms with Crippen LogP contribution in [0.2, 0.25) is 0 Å². The molecule has 0 amide bonds. The molecule has 1 nitrogen and oxygen atoms in total. The third-order valence-electron chi connectivity index (χ3n) is 2.31. The molecule has 0 spiro atoms. The molecule has 0 heterocycles. The zero-order valence-corrected chi connectivity index (χ0v) is 10.1. The van der Waals surface area contributed by atoms with Gasteiger partial charge in [0.2, 0.25) is 0 Å². The molecule has 0 bridgehead atoms. The van der Waals surface area contributed by atoms with Gasteiger partial charge in [-0.1, -0.05) is 35.9 Å². The average molecular weight is 229 g/mol. The van der Waals surface area contributed by atoms with Crippen LogP contribution in [0.5, 0.6) is 0 Å². The Kier molecular flexibility index (Phi) is 3.89. The van der Waals surface area contributed by atoms with Crippen molar-refractivity contribution in [2.24, 2.45) is 0 Å². The first-order chi connectivity index (χ1) is 7.84. The predicted molar refractivity (Wildman–Crippen MR) is 72.0 cm³/mol. The van der Waals surface area contributed by atoms with Crippen LogP contribution in [0.4, 0.5) is 5.69 Å². The number of anilines is 1. The number of benzene rings is 2. The van der Waals surface area contributed by atoms with Crippen LogP contribution in [0.15, 0.2) is 59.5 Å². The van der Waals surface area contributed by atoms with Gasteiger partial charge in [-0.15, -0.1) is 11.8 Å². The fourth-order valence-electron chi connectivity index (χ4n) is 1.39. The molecule has 0 aromatic heterocycles. The minimum absolute atomic E-state index is 0.896. The van der Waals surface area contributed by atoms with Crippen LogP contribution >= 0.6 is 11.8 Å². The average Bonchev–Trinajstić information content (AvgIpc) is 2.33. The molecule has 2 heteroatoms. The molecule has 2 aromatic rings. The minimum Gasteiger partial charge on any atom is -0.376 e. The third-order valence-corrected chi connectivity index (χ3v) is 3.20. The van der Waals surface area contributed by atoms with Crippen molar-refractivity contribution in [3.8, 4) is 0 Å². The van der Waals surface area contributed by atoms with E-state index in [2.05, 4.69) is 60.8 Å². The summed E-state index contributed by atoms with van der Waals surface area (Å²) in [5, 5.41) is 3.38. The Morgan fingerprint density at radius 1 is 0.938 bits per heavy atom. The van der Waals surface area contributed by atoms with Gasteiger partial charge in [0, 0.05) is 10.6 Å². The van der Waals surface area contributed by atoms with E-state index in [1.807, 2.05) is 17.8 Å². The van der Waals surface area contributed by atoms with Gasteiger partial charge in [0.25, 0.3) is 0 Å². The molecule has 0 aliphatic heterocycles. The van der Waals surface area contributed by atoms with Crippen molar-refractivity contribution in [3.63, 3.8) is 0 Å². The van der Waals surface area contributed by atoms with Crippen molar-refractivity contribution < 1.29 is 0 Å². The van der Waals surface area contributed by atoms with E-state index in [1.54, 1.807) is 0 Å². The van der Waals surface area contributed by atoms with Crippen LogP contribution in [0.1, 0.15) is 5.56 Å². The van der Waals surface area contributed by atoms with Crippen molar-refractivity contribution in [1.29, 1.82) is 0 Å². The summed E-state index contributed by atoms with van der Waals surface area (Å²) in [7, 11) is 0. The Balaban J connectivity index is 1.82. The molecule has 0 unspecified atom stereocenters. The van der Waals surface area contributed by atoms with Crippen molar-refractivity contribution >= 4 is 17.4 Å². The number of aryl methyl sites for hydroxylation is 1. The van der Waals surface area contributed by atoms with E-state index >= 15 is 0 Å². The second-order valence-electron chi connectivity index (χ2n) is 3.64. The second kappa shape index (κ2) is 5.61. The zero-order valence-electron chi connectivity index (χ0n) is 9.31. The fourth-order valence-corrected chi connectivity index (χ4v) is 2.15. The highest BCUT2D eigenvalue weighted by Crippen LogP contribution is 2.18. The van der Waals surface area contributed by atoms with Crippen LogP contribution in [-0.4, -0.2) is 5.88 Å². The zero-order chi connectivity index (χ0) is 11.2. The Bertz CT molecular complexity index is 422. The molecule has 1 N–H and O–H groups in total. The molecule has 0 aliphatic rings. The van der Waals surface area contributed by atoms with E-state index in [1.165, 1.54) is 16.1 Å². The number of rotatable bonds is 4. The predicted octanol–water partition coefficient (Wildman–Crippen LogP) is 4.16. The lowest BCUT2D eigenvalue weighted by atomic mass is 10.2. The minimum atomic E-state index is 0.896. The van der Waals surface area contributed by atoms with E-state index in [0.29, 0.717) is 0 Å². The van der Waals surface area contributed by atoms with Crippen LogP contribution < -0.4 is 5.32 Å². The molecule has 0 fully saturated rings. The number of hydrogen-bond donors (Lipinski definition) is 1. The monoisotopic (exact) mass is 229 g/mol. The molecule has 82 valence electrons. The van der Waals surface area contributed by atoms with Crippen molar-refractivity contribution in [2.45, 2.75) is 11.8 Å². The first-order valence-corrected chi connectivity index (χ1v) is 6.31. The first kappa shape index (κ1) is 11.1. The van der Waals surface area contributed by atoms with E-state index in [0.717, 1.165) is 5.88 Å². The smallest absolute Gasteiger partial charge is 0.0657 e. The Morgan fingerprint density at radius 3 is 2.31 bits per heavy atom. The standard InChI is InChI=1S/C14H15NS/c1-12-7-9-13(10-8-12)15-11-16-14-5-3-2-4-6-14/h2-10,15H,11H2,1H3. The van der Waals surface area contributed by atoms with Gasteiger partial charge in [0.15, 0.2) is 0 Å². The maximum absolute atomic E-state index is 3.38. The Hall–Kier alpha value is -1.41. The van der Waals surface area contributed by atoms with Crippen LogP contribution in [0.3, 0.4) is 0 Å². The van der Waals surface area contributed by atoms with Gasteiger partial charge < -0.3 is 5.32 Å². The largest absolute Gasteiger partial charge is 0.376 e. The lowest BCUT2D eigenvalue weighted by molar-refractivity contribution is 1.40. The van der Waals surface area contributed by atoms with Gasteiger partial charge in [0.1, 0.15) is 0 Å². The summed E-state index contributed by atoms with van der Waals surface area (Å²) >= 11 is 1.81. The number of nitrogens with one attached hydrogen (secondary N) is 1. The molecular formula is C14H15NS. The van der Waals surface area contributed by atoms with E-state index in [-0.39, 0.29) is 0 Å². The van der Waals surface area contributed by atoms with Gasteiger partial charge in [0.05, 0.1) is 5.88 Å².